The zero-order valence-corrected chi connectivity index (χ0v) is 4.61. The lowest BCUT2D eigenvalue weighted by Crippen LogP contribution is -1.88. The normalized spacial score (nSPS) is 18.0. The molecule has 2 heteroatoms. The zero-order chi connectivity index (χ0) is 5.11. The summed E-state index contributed by atoms with van der Waals surface area (Å²) in [6, 6.07) is 0. The predicted octanol–water partition coefficient (Wildman–Crippen LogP) is 1.34. The number of allylic oxidation sites excluding steroid dienone is 1. The summed E-state index contributed by atoms with van der Waals surface area (Å²) in [5.41, 5.74) is 0. The topological polar surface area (TPSA) is 12.4 Å². The molecule has 0 saturated heterocycles. The molecule has 0 aromatic rings. The van der Waals surface area contributed by atoms with Crippen molar-refractivity contribution in [1.29, 1.82) is 0 Å². The highest BCUT2D eigenvalue weighted by Crippen LogP contribution is 1.91. The highest BCUT2D eigenvalue weighted by atomic mass is 32.1. The summed E-state index contributed by atoms with van der Waals surface area (Å²) in [6.45, 7) is 0. The summed E-state index contributed by atoms with van der Waals surface area (Å²) in [7, 11) is 0. The van der Waals surface area contributed by atoms with E-state index in [1.165, 1.54) is 0 Å². The lowest BCUT2D eigenvalue weighted by atomic mass is 10.3. The van der Waals surface area contributed by atoms with Gasteiger partial charge < -0.3 is 0 Å². The van der Waals surface area contributed by atoms with Crippen LogP contribution in [0.5, 0.6) is 0 Å². The van der Waals surface area contributed by atoms with Crippen molar-refractivity contribution in [3.63, 3.8) is 0 Å². The maximum atomic E-state index is 4.72. The Bertz CT molecular complexity index is 121. The van der Waals surface area contributed by atoms with Crippen molar-refractivity contribution >= 4 is 23.4 Å². The molecule has 0 N–H and O–H groups in total. The van der Waals surface area contributed by atoms with Crippen molar-refractivity contribution in [3.8, 4) is 0 Å². The Kier molecular flexibility index (Phi) is 1.32. The first-order chi connectivity index (χ1) is 3.39. The van der Waals surface area contributed by atoms with Gasteiger partial charge >= 0.3 is 0 Å². The van der Waals surface area contributed by atoms with E-state index >= 15 is 0 Å². The molecule has 1 rings (SSSR count). The molecule has 0 aliphatic carbocycles. The molecule has 0 fully saturated rings. The minimum atomic E-state index is 0.686. The number of dihydropyridines is 1. The van der Waals surface area contributed by atoms with Gasteiger partial charge in [-0.2, -0.15) is 0 Å². The average molecular weight is 111 g/mol. The molecule has 7 heavy (non-hydrogen) atoms. The number of nitrogens with zero attached hydrogens (tertiary/aromatic N) is 1. The summed E-state index contributed by atoms with van der Waals surface area (Å²) in [4.78, 5) is 4.54. The Morgan fingerprint density at radius 1 is 1.71 bits per heavy atom. The number of aliphatic imine (C=N–C) groups is 1. The van der Waals surface area contributed by atoms with Crippen molar-refractivity contribution in [2.45, 2.75) is 6.42 Å². The minimum Gasteiger partial charge on any atom is -0.249 e. The fourth-order valence-corrected chi connectivity index (χ4v) is 0.586. The summed E-state index contributed by atoms with van der Waals surface area (Å²) in [6.07, 6.45) is 6.58. The fraction of sp³-hybridized carbons (Fsp3) is 0.200. The third-order valence-corrected chi connectivity index (χ3v) is 0.962. The van der Waals surface area contributed by atoms with Gasteiger partial charge in [-0.25, -0.2) is 4.99 Å². The second-order valence-corrected chi connectivity index (χ2v) is 1.71. The number of rotatable bonds is 0. The van der Waals surface area contributed by atoms with Crippen LogP contribution in [0.4, 0.5) is 0 Å². The summed E-state index contributed by atoms with van der Waals surface area (Å²) in [5.74, 6) is 0. The van der Waals surface area contributed by atoms with Crippen LogP contribution in [0, 0.1) is 0 Å². The van der Waals surface area contributed by atoms with Crippen molar-refractivity contribution < 1.29 is 0 Å². The van der Waals surface area contributed by atoms with Crippen molar-refractivity contribution in [2.75, 3.05) is 0 Å². The molecule has 36 valence electrons. The highest BCUT2D eigenvalue weighted by molar-refractivity contribution is 7.80. The van der Waals surface area contributed by atoms with Gasteiger partial charge in [-0.05, 0) is 6.08 Å². The summed E-state index contributed by atoms with van der Waals surface area (Å²) in [5, 5.41) is 0. The van der Waals surface area contributed by atoms with E-state index in [2.05, 4.69) is 4.99 Å². The maximum Gasteiger partial charge on any atom is 0.125 e. The van der Waals surface area contributed by atoms with Gasteiger partial charge in [0.2, 0.25) is 0 Å². The Labute approximate surface area is 47.8 Å². The SMILES string of the molecule is S=C1C=CCC=N1. The van der Waals surface area contributed by atoms with Gasteiger partial charge in [-0.1, -0.05) is 18.3 Å². The molecule has 0 spiro atoms. The van der Waals surface area contributed by atoms with E-state index in [-0.39, 0.29) is 0 Å². The Morgan fingerprint density at radius 2 is 2.57 bits per heavy atom. The number of hydrogen-bond acceptors (Lipinski definition) is 1. The second-order valence-electron chi connectivity index (χ2n) is 1.29. The van der Waals surface area contributed by atoms with Crippen molar-refractivity contribution in [1.82, 2.24) is 0 Å². The van der Waals surface area contributed by atoms with Crippen LogP contribution in [-0.4, -0.2) is 11.2 Å². The first-order valence-electron chi connectivity index (χ1n) is 2.12. The monoisotopic (exact) mass is 111 g/mol. The number of hydrogen-bond donors (Lipinski definition) is 0. The Balaban J connectivity index is 2.66. The zero-order valence-electron chi connectivity index (χ0n) is 3.79. The third kappa shape index (κ3) is 1.20. The van der Waals surface area contributed by atoms with E-state index in [0.717, 1.165) is 6.42 Å². The van der Waals surface area contributed by atoms with Gasteiger partial charge in [0.05, 0.1) is 0 Å². The Hall–Kier alpha value is -0.500. The second kappa shape index (κ2) is 1.98. The molecule has 1 heterocycles. The molecule has 0 radical (unpaired) electrons. The van der Waals surface area contributed by atoms with Crippen LogP contribution in [0.25, 0.3) is 0 Å². The van der Waals surface area contributed by atoms with E-state index in [1.807, 2.05) is 18.4 Å². The van der Waals surface area contributed by atoms with Crippen molar-refractivity contribution in [3.05, 3.63) is 12.2 Å². The van der Waals surface area contributed by atoms with Crippen molar-refractivity contribution in [2.24, 2.45) is 4.99 Å². The molecule has 1 aliphatic heterocycles. The van der Waals surface area contributed by atoms with E-state index < -0.39 is 0 Å². The van der Waals surface area contributed by atoms with Crippen LogP contribution in [0.3, 0.4) is 0 Å². The molecule has 0 atom stereocenters. The molecule has 0 amide bonds. The van der Waals surface area contributed by atoms with Gasteiger partial charge in [-0.15, -0.1) is 0 Å². The first-order valence-corrected chi connectivity index (χ1v) is 2.53. The van der Waals surface area contributed by atoms with E-state index in [0.29, 0.717) is 4.99 Å². The van der Waals surface area contributed by atoms with Gasteiger partial charge in [-0.3, -0.25) is 0 Å². The summed E-state index contributed by atoms with van der Waals surface area (Å²) < 4.78 is 0. The Morgan fingerprint density at radius 3 is 2.86 bits per heavy atom. The highest BCUT2D eigenvalue weighted by Gasteiger charge is 1.86. The van der Waals surface area contributed by atoms with Crippen LogP contribution in [0.15, 0.2) is 17.1 Å². The van der Waals surface area contributed by atoms with Crippen LogP contribution < -0.4 is 0 Å². The third-order valence-electron chi connectivity index (χ3n) is 0.720. The molecule has 0 saturated carbocycles. The fourth-order valence-electron chi connectivity index (χ4n) is 0.415. The van der Waals surface area contributed by atoms with E-state index in [1.54, 1.807) is 0 Å². The van der Waals surface area contributed by atoms with Gasteiger partial charge in [0.25, 0.3) is 0 Å². The molecule has 0 bridgehead atoms. The average Bonchev–Trinajstić information content (AvgIpc) is 1.69. The number of thiocarbonyl (C=S) groups is 1. The van der Waals surface area contributed by atoms with E-state index in [9.17, 15) is 0 Å². The van der Waals surface area contributed by atoms with Crippen LogP contribution in [0.1, 0.15) is 6.42 Å². The minimum absolute atomic E-state index is 0.686. The molecule has 1 nitrogen and oxygen atoms in total. The molecule has 0 aromatic carbocycles. The first kappa shape index (κ1) is 4.65. The van der Waals surface area contributed by atoms with Gasteiger partial charge in [0.15, 0.2) is 0 Å². The summed E-state index contributed by atoms with van der Waals surface area (Å²) >= 11 is 4.72. The smallest absolute Gasteiger partial charge is 0.125 e. The lowest BCUT2D eigenvalue weighted by molar-refractivity contribution is 1.49. The van der Waals surface area contributed by atoms with Gasteiger partial charge in [0, 0.05) is 12.6 Å². The van der Waals surface area contributed by atoms with Gasteiger partial charge in [0.1, 0.15) is 4.99 Å². The molecule has 0 unspecified atom stereocenters. The van der Waals surface area contributed by atoms with E-state index in [4.69, 9.17) is 12.2 Å². The molecular weight excluding hydrogens is 106 g/mol. The lowest BCUT2D eigenvalue weighted by Gasteiger charge is -1.90. The molecule has 0 aromatic heterocycles. The quantitative estimate of drug-likeness (QED) is 0.430. The van der Waals surface area contributed by atoms with Crippen LogP contribution in [-0.2, 0) is 0 Å². The molecular formula is C5H5NS. The van der Waals surface area contributed by atoms with Crippen LogP contribution in [0.2, 0.25) is 0 Å². The predicted molar refractivity (Wildman–Crippen MR) is 34.8 cm³/mol. The maximum absolute atomic E-state index is 4.72. The standard InChI is InChI=1S/C5H5NS/c7-5-3-1-2-4-6-5/h1,3-4H,2H2. The van der Waals surface area contributed by atoms with Crippen LogP contribution >= 0.6 is 12.2 Å². The largest absolute Gasteiger partial charge is 0.249 e. The molecule has 1 aliphatic rings.